The van der Waals surface area contributed by atoms with Crippen molar-refractivity contribution in [2.75, 3.05) is 0 Å². The summed E-state index contributed by atoms with van der Waals surface area (Å²) >= 11 is 1.80. The van der Waals surface area contributed by atoms with Gasteiger partial charge in [-0.25, -0.2) is 15.0 Å². The Kier molecular flexibility index (Phi) is 6.96. The van der Waals surface area contributed by atoms with Crippen molar-refractivity contribution in [3.63, 3.8) is 0 Å². The van der Waals surface area contributed by atoms with E-state index in [9.17, 15) is 0 Å². The zero-order valence-corrected chi connectivity index (χ0v) is 28.2. The highest BCUT2D eigenvalue weighted by molar-refractivity contribution is 7.25. The lowest BCUT2D eigenvalue weighted by Gasteiger charge is -2.12. The van der Waals surface area contributed by atoms with Gasteiger partial charge in [0.15, 0.2) is 5.82 Å². The van der Waals surface area contributed by atoms with Crippen LogP contribution in [0.2, 0.25) is 0 Å². The van der Waals surface area contributed by atoms with E-state index in [1.807, 2.05) is 30.5 Å². The molecule has 0 aliphatic heterocycles. The van der Waals surface area contributed by atoms with E-state index < -0.39 is 0 Å². The predicted molar refractivity (Wildman–Crippen MR) is 213 cm³/mol. The maximum absolute atomic E-state index is 5.11. The van der Waals surface area contributed by atoms with E-state index in [1.54, 1.807) is 11.3 Å². The summed E-state index contributed by atoms with van der Waals surface area (Å²) in [6, 6.07) is 57.3. The number of thiophene rings is 1. The Morgan fingerprint density at radius 3 is 2.00 bits per heavy atom. The van der Waals surface area contributed by atoms with Gasteiger partial charge in [0.2, 0.25) is 0 Å². The quantitative estimate of drug-likeness (QED) is 0.183. The molecule has 0 radical (unpaired) electrons. The van der Waals surface area contributed by atoms with Gasteiger partial charge in [0, 0.05) is 49.3 Å². The SMILES string of the molecule is c1ccc(-c2nc(-c3ccc(-c4cccc5cccnc45)cc3)cc(-c3cccc(-c4ccc5nc6c(cc5c4)sc4ccccc46)c3)n2)cc1. The summed E-state index contributed by atoms with van der Waals surface area (Å²) in [5.74, 6) is 0.694. The fourth-order valence-electron chi connectivity index (χ4n) is 6.95. The Hall–Kier alpha value is -6.56. The van der Waals surface area contributed by atoms with Crippen LogP contribution in [0.25, 0.3) is 98.3 Å². The van der Waals surface area contributed by atoms with Crippen molar-refractivity contribution in [3.8, 4) is 56.2 Å². The van der Waals surface area contributed by atoms with Gasteiger partial charge in [0.05, 0.1) is 32.6 Å². The van der Waals surface area contributed by atoms with Crippen LogP contribution >= 0.6 is 11.3 Å². The first kappa shape index (κ1) is 29.4. The number of rotatable bonds is 5. The molecule has 5 heteroatoms. The molecule has 238 valence electrons. The molecule has 0 spiro atoms. The van der Waals surface area contributed by atoms with Crippen LogP contribution in [0.5, 0.6) is 0 Å². The third-order valence-corrected chi connectivity index (χ3v) is 10.6. The fourth-order valence-corrected chi connectivity index (χ4v) is 8.05. The van der Waals surface area contributed by atoms with Crippen LogP contribution in [0, 0.1) is 0 Å². The summed E-state index contributed by atoms with van der Waals surface area (Å²) in [7, 11) is 0. The van der Waals surface area contributed by atoms with Crippen LogP contribution in [0.4, 0.5) is 0 Å². The lowest BCUT2D eigenvalue weighted by molar-refractivity contribution is 1.18. The minimum absolute atomic E-state index is 0.694. The highest BCUT2D eigenvalue weighted by Crippen LogP contribution is 2.37. The van der Waals surface area contributed by atoms with Gasteiger partial charge in [-0.2, -0.15) is 0 Å². The number of benzene rings is 6. The van der Waals surface area contributed by atoms with Crippen molar-refractivity contribution in [2.45, 2.75) is 0 Å². The molecule has 0 amide bonds. The molecule has 4 nitrogen and oxygen atoms in total. The van der Waals surface area contributed by atoms with Gasteiger partial charge in [0.1, 0.15) is 0 Å². The number of fused-ring (bicyclic) bond motifs is 5. The Morgan fingerprint density at radius 1 is 0.392 bits per heavy atom. The third kappa shape index (κ3) is 5.32. The van der Waals surface area contributed by atoms with Crippen LogP contribution in [-0.2, 0) is 0 Å². The lowest BCUT2D eigenvalue weighted by atomic mass is 9.98. The van der Waals surface area contributed by atoms with Crippen LogP contribution in [-0.4, -0.2) is 19.9 Å². The molecular weight excluding hydrogens is 641 g/mol. The highest BCUT2D eigenvalue weighted by Gasteiger charge is 2.14. The molecule has 0 atom stereocenters. The van der Waals surface area contributed by atoms with E-state index in [4.69, 9.17) is 15.0 Å². The number of hydrogen-bond donors (Lipinski definition) is 0. The van der Waals surface area contributed by atoms with Crippen molar-refractivity contribution in [3.05, 3.63) is 170 Å². The van der Waals surface area contributed by atoms with E-state index in [0.717, 1.165) is 77.7 Å². The molecule has 0 aliphatic rings. The van der Waals surface area contributed by atoms with Crippen molar-refractivity contribution >= 4 is 53.4 Å². The van der Waals surface area contributed by atoms with E-state index in [-0.39, 0.29) is 0 Å². The third-order valence-electron chi connectivity index (χ3n) is 9.52. The minimum atomic E-state index is 0.694. The molecule has 0 fully saturated rings. The lowest BCUT2D eigenvalue weighted by Crippen LogP contribution is -1.96. The first-order chi connectivity index (χ1) is 25.2. The van der Waals surface area contributed by atoms with Crippen molar-refractivity contribution in [1.82, 2.24) is 19.9 Å². The van der Waals surface area contributed by atoms with Gasteiger partial charge in [-0.05, 0) is 59.2 Å². The van der Waals surface area contributed by atoms with E-state index in [2.05, 4.69) is 145 Å². The topological polar surface area (TPSA) is 51.6 Å². The Bertz CT molecular complexity index is 2910. The second kappa shape index (κ2) is 12.1. The van der Waals surface area contributed by atoms with Crippen LogP contribution in [0.1, 0.15) is 0 Å². The standard InChI is InChI=1S/C46H28N4S/c1-2-9-32(10-3-1)46-49-40(30-20-18-29(19-21-30)37-16-7-11-31-14-8-24-47-44(31)37)28-41(50-46)35-13-6-12-33(25-35)34-22-23-39-36(26-34)27-43-45(48-39)38-15-4-5-17-42(38)51-43/h1-28H. The number of nitrogens with zero attached hydrogens (tertiary/aromatic N) is 4. The number of pyridine rings is 2. The van der Waals surface area contributed by atoms with Crippen molar-refractivity contribution in [2.24, 2.45) is 0 Å². The first-order valence-electron chi connectivity index (χ1n) is 17.0. The van der Waals surface area contributed by atoms with Crippen LogP contribution in [0.3, 0.4) is 0 Å². The summed E-state index contributed by atoms with van der Waals surface area (Å²) in [4.78, 5) is 19.9. The highest BCUT2D eigenvalue weighted by atomic mass is 32.1. The summed E-state index contributed by atoms with van der Waals surface area (Å²) in [5.41, 5.74) is 12.4. The zero-order valence-electron chi connectivity index (χ0n) is 27.4. The molecule has 6 aromatic carbocycles. The maximum atomic E-state index is 5.11. The Balaban J connectivity index is 1.05. The zero-order chi connectivity index (χ0) is 33.7. The smallest absolute Gasteiger partial charge is 0.160 e. The minimum Gasteiger partial charge on any atom is -0.256 e. The maximum Gasteiger partial charge on any atom is 0.160 e. The summed E-state index contributed by atoms with van der Waals surface area (Å²) < 4.78 is 2.47. The van der Waals surface area contributed by atoms with Gasteiger partial charge >= 0.3 is 0 Å². The van der Waals surface area contributed by atoms with Crippen molar-refractivity contribution in [1.29, 1.82) is 0 Å². The fraction of sp³-hybridized carbons (Fsp3) is 0. The molecule has 10 aromatic rings. The van der Waals surface area contributed by atoms with E-state index in [0.29, 0.717) is 5.82 Å². The second-order valence-electron chi connectivity index (χ2n) is 12.7. The molecule has 0 N–H and O–H groups in total. The number of hydrogen-bond acceptors (Lipinski definition) is 5. The molecule has 51 heavy (non-hydrogen) atoms. The molecule has 10 rings (SSSR count). The normalized spacial score (nSPS) is 11.5. The van der Waals surface area contributed by atoms with E-state index in [1.165, 1.54) is 14.8 Å². The molecule has 0 aliphatic carbocycles. The summed E-state index contributed by atoms with van der Waals surface area (Å²) in [6.07, 6.45) is 1.85. The molecule has 0 saturated heterocycles. The van der Waals surface area contributed by atoms with Gasteiger partial charge in [-0.1, -0.05) is 121 Å². The predicted octanol–water partition coefficient (Wildman–Crippen LogP) is 12.3. The monoisotopic (exact) mass is 668 g/mol. The number of aromatic nitrogens is 4. The second-order valence-corrected chi connectivity index (χ2v) is 13.8. The molecule has 0 unspecified atom stereocenters. The Morgan fingerprint density at radius 2 is 1.10 bits per heavy atom. The van der Waals surface area contributed by atoms with Gasteiger partial charge in [-0.15, -0.1) is 11.3 Å². The molecule has 4 heterocycles. The van der Waals surface area contributed by atoms with E-state index >= 15 is 0 Å². The van der Waals surface area contributed by atoms with Gasteiger partial charge in [-0.3, -0.25) is 4.98 Å². The molecule has 0 bridgehead atoms. The molecular formula is C46H28N4S. The molecule has 0 saturated carbocycles. The largest absolute Gasteiger partial charge is 0.256 e. The first-order valence-corrected chi connectivity index (χ1v) is 17.8. The van der Waals surface area contributed by atoms with Gasteiger partial charge < -0.3 is 0 Å². The Labute approximate surface area is 298 Å². The van der Waals surface area contributed by atoms with Crippen LogP contribution < -0.4 is 0 Å². The molecule has 4 aromatic heterocycles. The summed E-state index contributed by atoms with van der Waals surface area (Å²) in [5, 5.41) is 3.48. The van der Waals surface area contributed by atoms with Crippen LogP contribution in [0.15, 0.2) is 170 Å². The summed E-state index contributed by atoms with van der Waals surface area (Å²) in [6.45, 7) is 0. The van der Waals surface area contributed by atoms with Crippen molar-refractivity contribution < 1.29 is 0 Å². The van der Waals surface area contributed by atoms with Gasteiger partial charge in [0.25, 0.3) is 0 Å². The average Bonchev–Trinajstić information content (AvgIpc) is 3.57. The average molecular weight is 669 g/mol. The number of para-hydroxylation sites is 1.